The molecule has 0 saturated heterocycles. The molecule has 0 N–H and O–H groups in total. The summed E-state index contributed by atoms with van der Waals surface area (Å²) in [4.78, 5) is 24.3. The number of likely N-dealkylation sites (N-methyl/N-ethyl adjacent to an activating group) is 1. The number of methoxy groups -OCH3 is 1. The minimum atomic E-state index is -0.855. The number of rotatable bonds is 2. The predicted octanol–water partition coefficient (Wildman–Crippen LogP) is 2.25. The van der Waals surface area contributed by atoms with Gasteiger partial charge in [0.25, 0.3) is 0 Å². The van der Waals surface area contributed by atoms with E-state index < -0.39 is 11.9 Å². The largest absolute Gasteiger partial charge is 0.462 e. The molecule has 18 heavy (non-hydrogen) atoms. The number of carbonyl (C=O) groups is 2. The number of hydrogen-bond acceptors (Lipinski definition) is 3. The molecule has 0 aliphatic rings. The van der Waals surface area contributed by atoms with Crippen molar-refractivity contribution < 1.29 is 14.3 Å². The average Bonchev–Trinajstić information content (AvgIpc) is 2.36. The Morgan fingerprint density at radius 2 is 1.89 bits per heavy atom. The first-order chi connectivity index (χ1) is 8.38. The van der Waals surface area contributed by atoms with Crippen molar-refractivity contribution in [3.8, 4) is 0 Å². The van der Waals surface area contributed by atoms with E-state index in [9.17, 15) is 9.59 Å². The standard InChI is InChI=1S/C14H19NO3/c1-9(2)11-7-6-10(3)12(8-11)15(4)13(16)14(17)18-5/h6-9H,1-5H3. The highest BCUT2D eigenvalue weighted by Crippen LogP contribution is 2.25. The summed E-state index contributed by atoms with van der Waals surface area (Å²) in [7, 11) is 2.77. The number of anilines is 1. The van der Waals surface area contributed by atoms with E-state index in [4.69, 9.17) is 0 Å². The molecule has 0 heterocycles. The van der Waals surface area contributed by atoms with Gasteiger partial charge in [0, 0.05) is 12.7 Å². The third kappa shape index (κ3) is 2.88. The van der Waals surface area contributed by atoms with Crippen LogP contribution in [0.1, 0.15) is 30.9 Å². The molecule has 1 rings (SSSR count). The number of nitrogens with zero attached hydrogens (tertiary/aromatic N) is 1. The first-order valence-electron chi connectivity index (χ1n) is 5.85. The van der Waals surface area contributed by atoms with Crippen LogP contribution in [0.2, 0.25) is 0 Å². The smallest absolute Gasteiger partial charge is 0.397 e. The van der Waals surface area contributed by atoms with E-state index >= 15 is 0 Å². The van der Waals surface area contributed by atoms with Gasteiger partial charge in [-0.1, -0.05) is 26.0 Å². The molecule has 0 unspecified atom stereocenters. The minimum Gasteiger partial charge on any atom is -0.462 e. The fraction of sp³-hybridized carbons (Fsp3) is 0.429. The van der Waals surface area contributed by atoms with Gasteiger partial charge in [-0.25, -0.2) is 4.79 Å². The van der Waals surface area contributed by atoms with Crippen molar-refractivity contribution in [3.05, 3.63) is 29.3 Å². The second-order valence-electron chi connectivity index (χ2n) is 4.56. The summed E-state index contributed by atoms with van der Waals surface area (Å²) < 4.78 is 4.44. The molecule has 0 radical (unpaired) electrons. The molecule has 4 heteroatoms. The van der Waals surface area contributed by atoms with Gasteiger partial charge in [-0.3, -0.25) is 4.79 Å². The summed E-state index contributed by atoms with van der Waals surface area (Å²) >= 11 is 0. The van der Waals surface area contributed by atoms with E-state index in [-0.39, 0.29) is 0 Å². The van der Waals surface area contributed by atoms with Gasteiger partial charge < -0.3 is 9.64 Å². The summed E-state index contributed by atoms with van der Waals surface area (Å²) in [6.07, 6.45) is 0. The molecule has 1 amide bonds. The van der Waals surface area contributed by atoms with Crippen LogP contribution in [0.3, 0.4) is 0 Å². The second-order valence-corrected chi connectivity index (χ2v) is 4.56. The van der Waals surface area contributed by atoms with E-state index in [1.807, 2.05) is 25.1 Å². The lowest BCUT2D eigenvalue weighted by Gasteiger charge is -2.20. The average molecular weight is 249 g/mol. The number of hydrogen-bond donors (Lipinski definition) is 0. The van der Waals surface area contributed by atoms with Gasteiger partial charge >= 0.3 is 11.9 Å². The Labute approximate surface area is 108 Å². The molecule has 0 fully saturated rings. The molecular weight excluding hydrogens is 230 g/mol. The minimum absolute atomic E-state index is 0.367. The topological polar surface area (TPSA) is 46.6 Å². The number of aryl methyl sites for hydroxylation is 1. The van der Waals surface area contributed by atoms with Gasteiger partial charge in [-0.05, 0) is 30.0 Å². The quantitative estimate of drug-likeness (QED) is 0.596. The third-order valence-electron chi connectivity index (χ3n) is 2.93. The zero-order valence-electron chi connectivity index (χ0n) is 11.5. The van der Waals surface area contributed by atoms with Crippen LogP contribution in [-0.4, -0.2) is 26.0 Å². The fourth-order valence-electron chi connectivity index (χ4n) is 1.68. The van der Waals surface area contributed by atoms with Crippen LogP contribution in [0.25, 0.3) is 0 Å². The number of benzene rings is 1. The molecule has 1 aromatic carbocycles. The van der Waals surface area contributed by atoms with Crippen LogP contribution in [0.15, 0.2) is 18.2 Å². The lowest BCUT2D eigenvalue weighted by molar-refractivity contribution is -0.151. The maximum absolute atomic E-state index is 11.8. The Morgan fingerprint density at radius 1 is 1.28 bits per heavy atom. The normalized spacial score (nSPS) is 10.3. The Balaban J connectivity index is 3.12. The van der Waals surface area contributed by atoms with Crippen LogP contribution in [0.5, 0.6) is 0 Å². The van der Waals surface area contributed by atoms with Crippen molar-refractivity contribution >= 4 is 17.6 Å². The van der Waals surface area contributed by atoms with E-state index in [1.165, 1.54) is 12.0 Å². The molecule has 4 nitrogen and oxygen atoms in total. The molecule has 0 aromatic heterocycles. The van der Waals surface area contributed by atoms with Crippen LogP contribution in [0, 0.1) is 6.92 Å². The number of esters is 1. The van der Waals surface area contributed by atoms with E-state index in [2.05, 4.69) is 18.6 Å². The SMILES string of the molecule is COC(=O)C(=O)N(C)c1cc(C(C)C)ccc1C. The molecule has 1 aromatic rings. The lowest BCUT2D eigenvalue weighted by Crippen LogP contribution is -2.34. The van der Waals surface area contributed by atoms with Crippen LogP contribution >= 0.6 is 0 Å². The van der Waals surface area contributed by atoms with E-state index in [0.29, 0.717) is 5.92 Å². The highest BCUT2D eigenvalue weighted by atomic mass is 16.5. The monoisotopic (exact) mass is 249 g/mol. The molecule has 0 aliphatic heterocycles. The first-order valence-corrected chi connectivity index (χ1v) is 5.85. The molecule has 0 spiro atoms. The summed E-state index contributed by atoms with van der Waals surface area (Å²) in [5.41, 5.74) is 2.80. The number of carbonyl (C=O) groups excluding carboxylic acids is 2. The van der Waals surface area contributed by atoms with Gasteiger partial charge in [0.15, 0.2) is 0 Å². The van der Waals surface area contributed by atoms with Gasteiger partial charge in [0.1, 0.15) is 0 Å². The summed E-state index contributed by atoms with van der Waals surface area (Å²) in [6.45, 7) is 6.06. The fourth-order valence-corrected chi connectivity index (χ4v) is 1.68. The van der Waals surface area contributed by atoms with Crippen LogP contribution in [-0.2, 0) is 14.3 Å². The Hall–Kier alpha value is -1.84. The predicted molar refractivity (Wildman–Crippen MR) is 70.7 cm³/mol. The molecular formula is C14H19NO3. The van der Waals surface area contributed by atoms with E-state index in [0.717, 1.165) is 16.8 Å². The molecule has 0 bridgehead atoms. The van der Waals surface area contributed by atoms with Gasteiger partial charge in [-0.2, -0.15) is 0 Å². The van der Waals surface area contributed by atoms with Crippen LogP contribution < -0.4 is 4.90 Å². The van der Waals surface area contributed by atoms with Crippen molar-refractivity contribution in [2.75, 3.05) is 19.1 Å². The van der Waals surface area contributed by atoms with Crippen LogP contribution in [0.4, 0.5) is 5.69 Å². The Kier molecular flexibility index (Phi) is 4.48. The summed E-state index contributed by atoms with van der Waals surface area (Å²) in [5.74, 6) is -1.15. The van der Waals surface area contributed by atoms with Gasteiger partial charge in [0.05, 0.1) is 7.11 Å². The highest BCUT2D eigenvalue weighted by Gasteiger charge is 2.22. The maximum atomic E-state index is 11.8. The van der Waals surface area contributed by atoms with Crippen molar-refractivity contribution in [1.82, 2.24) is 0 Å². The molecule has 98 valence electrons. The molecule has 0 atom stereocenters. The number of ether oxygens (including phenoxy) is 1. The van der Waals surface area contributed by atoms with Gasteiger partial charge in [-0.15, -0.1) is 0 Å². The van der Waals surface area contributed by atoms with Crippen molar-refractivity contribution in [1.29, 1.82) is 0 Å². The Morgan fingerprint density at radius 3 is 2.39 bits per heavy atom. The molecule has 0 aliphatic carbocycles. The zero-order chi connectivity index (χ0) is 13.9. The second kappa shape index (κ2) is 5.67. The summed E-state index contributed by atoms with van der Waals surface area (Å²) in [6, 6.07) is 5.91. The zero-order valence-corrected chi connectivity index (χ0v) is 11.5. The number of amides is 1. The highest BCUT2D eigenvalue weighted by molar-refractivity contribution is 6.38. The Bertz CT molecular complexity index is 466. The van der Waals surface area contributed by atoms with Crippen molar-refractivity contribution in [2.45, 2.75) is 26.7 Å². The van der Waals surface area contributed by atoms with E-state index in [1.54, 1.807) is 7.05 Å². The first kappa shape index (κ1) is 14.2. The molecule has 0 saturated carbocycles. The van der Waals surface area contributed by atoms with Crippen molar-refractivity contribution in [2.24, 2.45) is 0 Å². The third-order valence-corrected chi connectivity index (χ3v) is 2.93. The maximum Gasteiger partial charge on any atom is 0.397 e. The van der Waals surface area contributed by atoms with Crippen molar-refractivity contribution in [3.63, 3.8) is 0 Å². The lowest BCUT2D eigenvalue weighted by atomic mass is 10.0. The summed E-state index contributed by atoms with van der Waals surface area (Å²) in [5, 5.41) is 0. The van der Waals surface area contributed by atoms with Gasteiger partial charge in [0.2, 0.25) is 0 Å².